The minimum atomic E-state index is -0.0690. The third kappa shape index (κ3) is 2.24. The van der Waals surface area contributed by atoms with Crippen molar-refractivity contribution >= 4 is 22.4 Å². The van der Waals surface area contributed by atoms with Gasteiger partial charge in [-0.2, -0.15) is 0 Å². The van der Waals surface area contributed by atoms with Crippen molar-refractivity contribution in [2.45, 2.75) is 6.54 Å². The maximum absolute atomic E-state index is 12.4. The second-order valence-corrected chi connectivity index (χ2v) is 4.94. The van der Waals surface area contributed by atoms with Gasteiger partial charge in [-0.1, -0.05) is 16.6 Å². The van der Waals surface area contributed by atoms with Crippen LogP contribution in [0.1, 0.15) is 16.1 Å². The molecular formula is C12H12N4O2S. The Bertz CT molecular complexity index is 613. The van der Waals surface area contributed by atoms with Gasteiger partial charge in [0.15, 0.2) is 0 Å². The van der Waals surface area contributed by atoms with E-state index in [-0.39, 0.29) is 5.91 Å². The van der Waals surface area contributed by atoms with Gasteiger partial charge in [0.1, 0.15) is 23.1 Å². The Morgan fingerprint density at radius 2 is 2.26 bits per heavy atom. The molecule has 1 amide bonds. The van der Waals surface area contributed by atoms with Gasteiger partial charge in [0.05, 0.1) is 18.7 Å². The monoisotopic (exact) mass is 276 g/mol. The van der Waals surface area contributed by atoms with Gasteiger partial charge < -0.3 is 15.4 Å². The normalized spacial score (nSPS) is 14.7. The lowest BCUT2D eigenvalue weighted by atomic mass is 10.2. The number of hydrogen-bond acceptors (Lipinski definition) is 6. The average Bonchev–Trinajstić information content (AvgIpc) is 2.75. The van der Waals surface area contributed by atoms with E-state index in [1.165, 1.54) is 0 Å². The maximum Gasteiger partial charge on any atom is 0.258 e. The number of benzene rings is 1. The molecule has 2 aromatic rings. The van der Waals surface area contributed by atoms with Gasteiger partial charge in [-0.05, 0) is 12.1 Å². The second-order valence-electron chi connectivity index (χ2n) is 4.16. The zero-order chi connectivity index (χ0) is 13.2. The lowest BCUT2D eigenvalue weighted by Crippen LogP contribution is -2.32. The molecule has 0 spiro atoms. The van der Waals surface area contributed by atoms with Crippen LogP contribution in [0.15, 0.2) is 24.3 Å². The smallest absolute Gasteiger partial charge is 0.258 e. The highest BCUT2D eigenvalue weighted by Crippen LogP contribution is 2.24. The van der Waals surface area contributed by atoms with Crippen LogP contribution < -0.4 is 10.5 Å². The van der Waals surface area contributed by atoms with Crippen LogP contribution in [0.2, 0.25) is 0 Å². The first-order chi connectivity index (χ1) is 9.25. The molecule has 1 aromatic heterocycles. The molecule has 1 aliphatic heterocycles. The Balaban J connectivity index is 1.88. The Hall–Kier alpha value is -2.15. The van der Waals surface area contributed by atoms with Crippen molar-refractivity contribution in [2.75, 3.05) is 18.9 Å². The molecule has 0 bridgehead atoms. The highest BCUT2D eigenvalue weighted by molar-refractivity contribution is 7.09. The molecule has 0 aliphatic carbocycles. The Labute approximate surface area is 114 Å². The van der Waals surface area contributed by atoms with Crippen LogP contribution in [0.5, 0.6) is 5.75 Å². The van der Waals surface area contributed by atoms with Crippen molar-refractivity contribution in [2.24, 2.45) is 0 Å². The molecule has 0 saturated heterocycles. The fraction of sp³-hybridized carbons (Fsp3) is 0.250. The van der Waals surface area contributed by atoms with E-state index in [2.05, 4.69) is 9.59 Å². The molecule has 0 atom stereocenters. The number of nitrogens with two attached hydrogens (primary N) is 1. The molecule has 1 aliphatic rings. The van der Waals surface area contributed by atoms with Crippen molar-refractivity contribution in [1.29, 1.82) is 0 Å². The highest BCUT2D eigenvalue weighted by Gasteiger charge is 2.24. The number of rotatable bonds is 2. The average molecular weight is 276 g/mol. The maximum atomic E-state index is 12.4. The Morgan fingerprint density at radius 1 is 1.42 bits per heavy atom. The fourth-order valence-corrected chi connectivity index (χ4v) is 2.40. The van der Waals surface area contributed by atoms with Gasteiger partial charge in [0.2, 0.25) is 0 Å². The number of para-hydroxylation sites is 1. The largest absolute Gasteiger partial charge is 0.491 e. The van der Waals surface area contributed by atoms with Crippen LogP contribution in [0, 0.1) is 0 Å². The number of nitrogen functional groups attached to an aromatic ring is 1. The highest BCUT2D eigenvalue weighted by atomic mass is 32.1. The summed E-state index contributed by atoms with van der Waals surface area (Å²) in [5.41, 5.74) is 6.97. The molecule has 2 heterocycles. The molecule has 98 valence electrons. The summed E-state index contributed by atoms with van der Waals surface area (Å²) in [5, 5.41) is 4.49. The van der Waals surface area contributed by atoms with Crippen LogP contribution in [-0.2, 0) is 6.54 Å². The molecule has 6 nitrogen and oxygen atoms in total. The third-order valence-electron chi connectivity index (χ3n) is 2.95. The lowest BCUT2D eigenvalue weighted by Gasteiger charge is -2.18. The minimum Gasteiger partial charge on any atom is -0.491 e. The molecule has 0 saturated carbocycles. The predicted molar refractivity (Wildman–Crippen MR) is 71.0 cm³/mol. The van der Waals surface area contributed by atoms with Crippen LogP contribution in [0.4, 0.5) is 5.00 Å². The molecule has 2 N–H and O–H groups in total. The summed E-state index contributed by atoms with van der Waals surface area (Å²) < 4.78 is 9.35. The van der Waals surface area contributed by atoms with Crippen LogP contribution >= 0.6 is 11.5 Å². The topological polar surface area (TPSA) is 81.3 Å². The molecule has 0 unspecified atom stereocenters. The first kappa shape index (κ1) is 11.9. The summed E-state index contributed by atoms with van der Waals surface area (Å²) in [5.74, 6) is 0.555. The van der Waals surface area contributed by atoms with Crippen LogP contribution in [0.3, 0.4) is 0 Å². The second kappa shape index (κ2) is 4.85. The van der Waals surface area contributed by atoms with E-state index in [1.54, 1.807) is 17.0 Å². The number of carbonyl (C=O) groups is 1. The zero-order valence-electron chi connectivity index (χ0n) is 10.1. The van der Waals surface area contributed by atoms with Gasteiger partial charge in [-0.25, -0.2) is 0 Å². The summed E-state index contributed by atoms with van der Waals surface area (Å²) >= 11 is 1.13. The van der Waals surface area contributed by atoms with Gasteiger partial charge >= 0.3 is 0 Å². The standard InChI is InChI=1S/C12H12N4O2S/c13-11-9(14-15-19-11)7-16-5-6-18-10-4-2-1-3-8(10)12(16)17/h1-4H,5-7,13H2. The van der Waals surface area contributed by atoms with Gasteiger partial charge in [0.25, 0.3) is 5.91 Å². The SMILES string of the molecule is Nc1snnc1CN1CCOc2ccccc2C1=O. The summed E-state index contributed by atoms with van der Waals surface area (Å²) in [4.78, 5) is 14.1. The van der Waals surface area contributed by atoms with E-state index < -0.39 is 0 Å². The number of nitrogens with zero attached hydrogens (tertiary/aromatic N) is 3. The van der Waals surface area contributed by atoms with E-state index in [4.69, 9.17) is 10.5 Å². The quantitative estimate of drug-likeness (QED) is 0.890. The van der Waals surface area contributed by atoms with Crippen molar-refractivity contribution in [1.82, 2.24) is 14.5 Å². The summed E-state index contributed by atoms with van der Waals surface area (Å²) in [6.07, 6.45) is 0. The fourth-order valence-electron chi connectivity index (χ4n) is 1.96. The number of anilines is 1. The zero-order valence-corrected chi connectivity index (χ0v) is 10.9. The Kier molecular flexibility index (Phi) is 3.04. The number of carbonyl (C=O) groups excluding carboxylic acids is 1. The molecule has 1 aromatic carbocycles. The minimum absolute atomic E-state index is 0.0690. The van der Waals surface area contributed by atoms with Crippen LogP contribution in [0.25, 0.3) is 0 Å². The number of fused-ring (bicyclic) bond motifs is 1. The summed E-state index contributed by atoms with van der Waals surface area (Å²) in [6, 6.07) is 7.24. The summed E-state index contributed by atoms with van der Waals surface area (Å²) in [6.45, 7) is 1.32. The summed E-state index contributed by atoms with van der Waals surface area (Å²) in [7, 11) is 0. The molecule has 0 fully saturated rings. The van der Waals surface area contributed by atoms with Crippen LogP contribution in [-0.4, -0.2) is 33.5 Å². The van der Waals surface area contributed by atoms with Gasteiger partial charge in [-0.15, -0.1) is 5.10 Å². The van der Waals surface area contributed by atoms with E-state index in [0.29, 0.717) is 41.7 Å². The molecule has 19 heavy (non-hydrogen) atoms. The van der Waals surface area contributed by atoms with E-state index in [0.717, 1.165) is 11.5 Å². The van der Waals surface area contributed by atoms with Crippen molar-refractivity contribution in [3.05, 3.63) is 35.5 Å². The number of amides is 1. The lowest BCUT2D eigenvalue weighted by molar-refractivity contribution is 0.0741. The van der Waals surface area contributed by atoms with Gasteiger partial charge in [0, 0.05) is 11.5 Å². The van der Waals surface area contributed by atoms with Crippen molar-refractivity contribution in [3.63, 3.8) is 0 Å². The van der Waals surface area contributed by atoms with E-state index in [1.807, 2.05) is 12.1 Å². The predicted octanol–water partition coefficient (Wildman–Crippen LogP) is 1.16. The molecular weight excluding hydrogens is 264 g/mol. The van der Waals surface area contributed by atoms with Crippen molar-refractivity contribution < 1.29 is 9.53 Å². The Morgan fingerprint density at radius 3 is 3.05 bits per heavy atom. The first-order valence-electron chi connectivity index (χ1n) is 5.83. The van der Waals surface area contributed by atoms with E-state index in [9.17, 15) is 4.79 Å². The number of ether oxygens (including phenoxy) is 1. The molecule has 7 heteroatoms. The third-order valence-corrected chi connectivity index (χ3v) is 3.54. The van der Waals surface area contributed by atoms with E-state index >= 15 is 0 Å². The molecule has 3 rings (SSSR count). The number of hydrogen-bond donors (Lipinski definition) is 1. The first-order valence-corrected chi connectivity index (χ1v) is 6.61. The van der Waals surface area contributed by atoms with Gasteiger partial charge in [-0.3, -0.25) is 4.79 Å². The number of aromatic nitrogens is 2. The van der Waals surface area contributed by atoms with Crippen molar-refractivity contribution in [3.8, 4) is 5.75 Å². The molecule has 0 radical (unpaired) electrons.